The summed E-state index contributed by atoms with van der Waals surface area (Å²) in [6.07, 6.45) is 0.0586. The molecule has 1 aromatic carbocycles. The zero-order valence-corrected chi connectivity index (χ0v) is 15.7. The van der Waals surface area contributed by atoms with Gasteiger partial charge in [0.15, 0.2) is 0 Å². The molecule has 0 aromatic heterocycles. The zero-order chi connectivity index (χ0) is 18.3. The highest BCUT2D eigenvalue weighted by molar-refractivity contribution is 9.10. The molecule has 0 unspecified atom stereocenters. The highest BCUT2D eigenvalue weighted by Gasteiger charge is 2.22. The summed E-state index contributed by atoms with van der Waals surface area (Å²) in [7, 11) is 0. The number of halogens is 1. The second kappa shape index (κ2) is 8.82. The standard InChI is InChI=1S/C17H23BrN2O4/c1-17(2,3)16(24)19-8-7-14(21)20(11-15(22)23)10-12-5-4-6-13(18)9-12/h4-6,9H,7-8,10-11H2,1-3H3,(H,19,24)(H,22,23). The lowest BCUT2D eigenvalue weighted by Crippen LogP contribution is -2.39. The van der Waals surface area contributed by atoms with Crippen LogP contribution in [0.3, 0.4) is 0 Å². The molecule has 0 radical (unpaired) electrons. The van der Waals surface area contributed by atoms with Gasteiger partial charge in [-0.25, -0.2) is 0 Å². The molecule has 0 heterocycles. The van der Waals surface area contributed by atoms with Gasteiger partial charge < -0.3 is 15.3 Å². The van der Waals surface area contributed by atoms with E-state index in [1.807, 2.05) is 24.3 Å². The van der Waals surface area contributed by atoms with Crippen LogP contribution in [-0.2, 0) is 20.9 Å². The van der Waals surface area contributed by atoms with Crippen molar-refractivity contribution >= 4 is 33.7 Å². The SMILES string of the molecule is CC(C)(C)C(=O)NCCC(=O)N(CC(=O)O)Cc1cccc(Br)c1. The van der Waals surface area contributed by atoms with Gasteiger partial charge in [0.1, 0.15) is 6.54 Å². The van der Waals surface area contributed by atoms with Crippen LogP contribution in [0.25, 0.3) is 0 Å². The Morgan fingerprint density at radius 1 is 1.25 bits per heavy atom. The smallest absolute Gasteiger partial charge is 0.323 e. The van der Waals surface area contributed by atoms with Crippen molar-refractivity contribution in [2.45, 2.75) is 33.7 Å². The van der Waals surface area contributed by atoms with Crippen LogP contribution in [0.5, 0.6) is 0 Å². The van der Waals surface area contributed by atoms with Crippen molar-refractivity contribution in [3.8, 4) is 0 Å². The van der Waals surface area contributed by atoms with Crippen molar-refractivity contribution in [3.63, 3.8) is 0 Å². The molecular weight excluding hydrogens is 376 g/mol. The summed E-state index contributed by atoms with van der Waals surface area (Å²) in [5, 5.41) is 11.7. The average Bonchev–Trinajstić information content (AvgIpc) is 2.44. The average molecular weight is 399 g/mol. The summed E-state index contributed by atoms with van der Waals surface area (Å²) in [4.78, 5) is 36.4. The molecule has 0 saturated heterocycles. The highest BCUT2D eigenvalue weighted by atomic mass is 79.9. The Bertz CT molecular complexity index is 611. The first kappa shape index (κ1) is 20.2. The molecule has 0 bridgehead atoms. The number of carboxylic acid groups (broad SMARTS) is 1. The van der Waals surface area contributed by atoms with E-state index in [1.165, 1.54) is 4.90 Å². The van der Waals surface area contributed by atoms with Crippen LogP contribution in [0.15, 0.2) is 28.7 Å². The molecule has 2 amide bonds. The molecule has 7 heteroatoms. The van der Waals surface area contributed by atoms with Crippen LogP contribution in [0, 0.1) is 5.41 Å². The minimum atomic E-state index is -1.07. The quantitative estimate of drug-likeness (QED) is 0.737. The maximum absolute atomic E-state index is 12.3. The van der Waals surface area contributed by atoms with Crippen molar-refractivity contribution in [1.82, 2.24) is 10.2 Å². The number of nitrogens with zero attached hydrogens (tertiary/aromatic N) is 1. The highest BCUT2D eigenvalue weighted by Crippen LogP contribution is 2.14. The van der Waals surface area contributed by atoms with Gasteiger partial charge in [0, 0.05) is 29.4 Å². The second-order valence-corrected chi connectivity index (χ2v) is 7.45. The van der Waals surface area contributed by atoms with E-state index < -0.39 is 11.4 Å². The number of carboxylic acids is 1. The lowest BCUT2D eigenvalue weighted by Gasteiger charge is -2.22. The van der Waals surface area contributed by atoms with E-state index in [9.17, 15) is 14.4 Å². The molecule has 132 valence electrons. The predicted molar refractivity (Wildman–Crippen MR) is 94.3 cm³/mol. The monoisotopic (exact) mass is 398 g/mol. The largest absolute Gasteiger partial charge is 0.480 e. The molecule has 2 N–H and O–H groups in total. The third kappa shape index (κ3) is 7.12. The molecule has 0 saturated carbocycles. The first-order chi connectivity index (χ1) is 11.1. The molecule has 0 aliphatic rings. The van der Waals surface area contributed by atoms with Gasteiger partial charge in [-0.2, -0.15) is 0 Å². The van der Waals surface area contributed by atoms with E-state index in [2.05, 4.69) is 21.2 Å². The number of hydrogen-bond acceptors (Lipinski definition) is 3. The summed E-state index contributed by atoms with van der Waals surface area (Å²) in [5.41, 5.74) is 0.304. The Balaban J connectivity index is 2.65. The molecule has 0 aliphatic heterocycles. The van der Waals surface area contributed by atoms with Crippen molar-refractivity contribution in [2.75, 3.05) is 13.1 Å². The molecule has 1 rings (SSSR count). The topological polar surface area (TPSA) is 86.7 Å². The number of rotatable bonds is 7. The van der Waals surface area contributed by atoms with Crippen LogP contribution in [-0.4, -0.2) is 40.9 Å². The van der Waals surface area contributed by atoms with E-state index in [4.69, 9.17) is 5.11 Å². The van der Waals surface area contributed by atoms with Crippen LogP contribution < -0.4 is 5.32 Å². The number of aliphatic carboxylic acids is 1. The van der Waals surface area contributed by atoms with Crippen LogP contribution >= 0.6 is 15.9 Å². The normalized spacial score (nSPS) is 11.0. The maximum Gasteiger partial charge on any atom is 0.323 e. The van der Waals surface area contributed by atoms with Gasteiger partial charge in [0.05, 0.1) is 0 Å². The Morgan fingerprint density at radius 2 is 1.92 bits per heavy atom. The van der Waals surface area contributed by atoms with Gasteiger partial charge in [-0.05, 0) is 17.7 Å². The molecule has 24 heavy (non-hydrogen) atoms. The van der Waals surface area contributed by atoms with Gasteiger partial charge in [-0.1, -0.05) is 48.8 Å². The Hall–Kier alpha value is -1.89. The first-order valence-electron chi connectivity index (χ1n) is 7.62. The predicted octanol–water partition coefficient (Wildman–Crippen LogP) is 2.41. The second-order valence-electron chi connectivity index (χ2n) is 6.53. The zero-order valence-electron chi connectivity index (χ0n) is 14.1. The number of hydrogen-bond donors (Lipinski definition) is 2. The summed E-state index contributed by atoms with van der Waals surface area (Å²) in [6, 6.07) is 7.35. The number of carbonyl (C=O) groups excluding carboxylic acids is 2. The minimum Gasteiger partial charge on any atom is -0.480 e. The number of carbonyl (C=O) groups is 3. The van der Waals surface area contributed by atoms with Gasteiger partial charge in [-0.15, -0.1) is 0 Å². The van der Waals surface area contributed by atoms with Crippen molar-refractivity contribution < 1.29 is 19.5 Å². The molecule has 1 aromatic rings. The molecule has 0 fully saturated rings. The van der Waals surface area contributed by atoms with Crippen molar-refractivity contribution in [3.05, 3.63) is 34.3 Å². The van der Waals surface area contributed by atoms with E-state index in [0.717, 1.165) is 10.0 Å². The van der Waals surface area contributed by atoms with E-state index >= 15 is 0 Å². The number of benzene rings is 1. The van der Waals surface area contributed by atoms with Crippen LogP contribution in [0.1, 0.15) is 32.8 Å². The summed E-state index contributed by atoms with van der Waals surface area (Å²) < 4.78 is 0.861. The Kier molecular flexibility index (Phi) is 7.41. The fourth-order valence-electron chi connectivity index (χ4n) is 1.96. The molecule has 0 spiro atoms. The van der Waals surface area contributed by atoms with Gasteiger partial charge in [0.2, 0.25) is 11.8 Å². The summed E-state index contributed by atoms with van der Waals surface area (Å²) in [5.74, 6) is -1.53. The molecular formula is C17H23BrN2O4. The van der Waals surface area contributed by atoms with Gasteiger partial charge in [0.25, 0.3) is 0 Å². The lowest BCUT2D eigenvalue weighted by atomic mass is 9.96. The minimum absolute atomic E-state index is 0.0586. The third-order valence-corrected chi connectivity index (χ3v) is 3.74. The van der Waals surface area contributed by atoms with Crippen molar-refractivity contribution in [1.29, 1.82) is 0 Å². The van der Waals surface area contributed by atoms with Gasteiger partial charge >= 0.3 is 5.97 Å². The summed E-state index contributed by atoms with van der Waals surface area (Å²) in [6.45, 7) is 5.37. The van der Waals surface area contributed by atoms with E-state index in [-0.39, 0.29) is 37.9 Å². The fraction of sp³-hybridized carbons (Fsp3) is 0.471. The Morgan fingerprint density at radius 3 is 2.46 bits per heavy atom. The Labute approximate surface area is 150 Å². The van der Waals surface area contributed by atoms with Crippen molar-refractivity contribution in [2.24, 2.45) is 5.41 Å². The third-order valence-electron chi connectivity index (χ3n) is 3.25. The van der Waals surface area contributed by atoms with Gasteiger partial charge in [-0.3, -0.25) is 14.4 Å². The number of nitrogens with one attached hydrogen (secondary N) is 1. The van der Waals surface area contributed by atoms with Crippen LogP contribution in [0.2, 0.25) is 0 Å². The molecule has 6 nitrogen and oxygen atoms in total. The van der Waals surface area contributed by atoms with Crippen LogP contribution in [0.4, 0.5) is 0 Å². The van der Waals surface area contributed by atoms with E-state index in [0.29, 0.717) is 0 Å². The number of amides is 2. The maximum atomic E-state index is 12.3. The molecule has 0 atom stereocenters. The van der Waals surface area contributed by atoms with E-state index in [1.54, 1.807) is 20.8 Å². The molecule has 0 aliphatic carbocycles. The summed E-state index contributed by atoms with van der Waals surface area (Å²) >= 11 is 3.35. The fourth-order valence-corrected chi connectivity index (χ4v) is 2.40. The first-order valence-corrected chi connectivity index (χ1v) is 8.41. The lowest BCUT2D eigenvalue weighted by molar-refractivity contribution is -0.145.